The first kappa shape index (κ1) is 40.0. The van der Waals surface area contributed by atoms with Crippen LogP contribution >= 0.6 is 11.3 Å². The van der Waals surface area contributed by atoms with E-state index in [-0.39, 0.29) is 42.1 Å². The van der Waals surface area contributed by atoms with Crippen molar-refractivity contribution in [1.82, 2.24) is 19.5 Å². The fourth-order valence-electron chi connectivity index (χ4n) is 7.63. The standard InChI is InChI=1S/C34H26N3S.C19H25FNSi.Ir/c1-34(2,3)24-17-18-28(26(20-24)22-11-5-4-6-12-22)37-29-15-9-8-14-27(29)36-33(37)23-19-31-32(35-21-23)25-13-7-10-16-30(25)38-31;1-13-8-9-14(16(20)10-13)17-11-15(19(2,3)4)18(12-21-17)22(5,6)7;/h4-20H,1-3H3;8,10-12H,1-7H3;/q2*-1;/i;1D3;. The maximum absolute atomic E-state index is 14.5. The Morgan fingerprint density at radius 1 is 0.787 bits per heavy atom. The Morgan fingerprint density at radius 2 is 1.51 bits per heavy atom. The van der Waals surface area contributed by atoms with Gasteiger partial charge in [-0.25, -0.2) is 0 Å². The summed E-state index contributed by atoms with van der Waals surface area (Å²) in [4.78, 5) is 14.4. The Bertz CT molecular complexity index is 3140. The van der Waals surface area contributed by atoms with E-state index >= 15 is 0 Å². The SMILES string of the molecule is CC(C)(C)c1ccc(-n2c(-c3[c-]nc4c(c3)sc3ccccc34)nc3ccccc32)c(-c2ccccc2)c1.[2H]C([2H])([2H])c1c[c-]c(-c2cc(C(C)(C)C)c([Si](C)(C)C)cn2)c(F)c1.[Ir]. The maximum Gasteiger partial charge on any atom is 0.0799 e. The normalized spacial score (nSPS) is 13.0. The minimum atomic E-state index is -2.35. The molecule has 4 heterocycles. The molecule has 8 heteroatoms. The zero-order valence-electron chi connectivity index (χ0n) is 39.0. The van der Waals surface area contributed by atoms with Gasteiger partial charge in [-0.15, -0.1) is 29.8 Å². The molecular weight excluding hydrogens is 964 g/mol. The third-order valence-electron chi connectivity index (χ3n) is 10.8. The molecule has 0 unspecified atom stereocenters. The summed E-state index contributed by atoms with van der Waals surface area (Å²) in [7, 11) is -1.60. The van der Waals surface area contributed by atoms with E-state index in [1.165, 1.54) is 38.0 Å². The molecule has 311 valence electrons. The second-order valence-corrected chi connectivity index (χ2v) is 24.5. The number of halogens is 1. The van der Waals surface area contributed by atoms with E-state index in [1.54, 1.807) is 11.3 Å². The van der Waals surface area contributed by atoms with Crippen molar-refractivity contribution in [1.29, 1.82) is 0 Å². The predicted octanol–water partition coefficient (Wildman–Crippen LogP) is 14.1. The molecule has 61 heavy (non-hydrogen) atoms. The molecule has 0 N–H and O–H groups in total. The van der Waals surface area contributed by atoms with E-state index in [4.69, 9.17) is 14.1 Å². The predicted molar refractivity (Wildman–Crippen MR) is 255 cm³/mol. The topological polar surface area (TPSA) is 43.6 Å². The maximum atomic E-state index is 14.5. The molecule has 0 atom stereocenters. The molecule has 0 aliphatic heterocycles. The summed E-state index contributed by atoms with van der Waals surface area (Å²) in [5.41, 5.74) is 10.4. The van der Waals surface area contributed by atoms with Crippen molar-refractivity contribution in [3.05, 3.63) is 162 Å². The minimum absolute atomic E-state index is 0. The van der Waals surface area contributed by atoms with Crippen LogP contribution in [0, 0.1) is 24.9 Å². The summed E-state index contributed by atoms with van der Waals surface area (Å²) < 4.78 is 41.3. The van der Waals surface area contributed by atoms with Gasteiger partial charge in [0.05, 0.1) is 24.9 Å². The third kappa shape index (κ3) is 8.96. The Balaban J connectivity index is 0.000000206. The zero-order valence-corrected chi connectivity index (χ0v) is 40.2. The molecule has 9 rings (SSSR count). The average molecular weight is 1020 g/mol. The monoisotopic (exact) mass is 1020 g/mol. The Kier molecular flexibility index (Phi) is 11.1. The summed E-state index contributed by atoms with van der Waals surface area (Å²) in [6, 6.07) is 43.5. The number of para-hydroxylation sites is 2. The van der Waals surface area contributed by atoms with Crippen LogP contribution in [-0.4, -0.2) is 27.6 Å². The van der Waals surface area contributed by atoms with Gasteiger partial charge in [0.2, 0.25) is 0 Å². The molecule has 0 amide bonds. The van der Waals surface area contributed by atoms with E-state index < -0.39 is 20.7 Å². The van der Waals surface area contributed by atoms with Crippen LogP contribution in [0.3, 0.4) is 0 Å². The van der Waals surface area contributed by atoms with Crippen molar-refractivity contribution in [2.24, 2.45) is 0 Å². The smallest absolute Gasteiger partial charge is 0.0799 e. The van der Waals surface area contributed by atoms with Crippen LogP contribution < -0.4 is 5.19 Å². The van der Waals surface area contributed by atoms with Gasteiger partial charge in [-0.3, -0.25) is 9.37 Å². The number of imidazole rings is 1. The van der Waals surface area contributed by atoms with E-state index in [0.717, 1.165) is 50.0 Å². The molecule has 5 aromatic carbocycles. The molecule has 1 radical (unpaired) electrons. The Hall–Kier alpha value is -5.11. The summed E-state index contributed by atoms with van der Waals surface area (Å²) in [6.45, 7) is 17.6. The van der Waals surface area contributed by atoms with Crippen LogP contribution in [0.5, 0.6) is 0 Å². The number of aryl methyl sites for hydroxylation is 1. The first-order valence-electron chi connectivity index (χ1n) is 21.8. The number of fused-ring (bicyclic) bond motifs is 4. The first-order chi connectivity index (χ1) is 29.7. The molecule has 0 saturated carbocycles. The van der Waals surface area contributed by atoms with E-state index in [9.17, 15) is 4.39 Å². The van der Waals surface area contributed by atoms with Gasteiger partial charge in [0.25, 0.3) is 0 Å². The number of pyridine rings is 2. The fraction of sp³-hybridized carbons (Fsp3) is 0.226. The van der Waals surface area contributed by atoms with Crippen LogP contribution in [0.4, 0.5) is 4.39 Å². The van der Waals surface area contributed by atoms with E-state index in [2.05, 4.69) is 180 Å². The van der Waals surface area contributed by atoms with Crippen molar-refractivity contribution in [2.45, 2.75) is 78.9 Å². The van der Waals surface area contributed by atoms with Crippen molar-refractivity contribution < 1.29 is 28.6 Å². The number of nitrogens with zero attached hydrogens (tertiary/aromatic N) is 4. The van der Waals surface area contributed by atoms with E-state index in [1.807, 2.05) is 18.3 Å². The van der Waals surface area contributed by atoms with Gasteiger partial charge in [0.1, 0.15) is 0 Å². The molecule has 4 nitrogen and oxygen atoms in total. The average Bonchev–Trinajstić information content (AvgIpc) is 3.81. The molecule has 0 aliphatic rings. The van der Waals surface area contributed by atoms with Gasteiger partial charge < -0.3 is 14.5 Å². The van der Waals surface area contributed by atoms with Gasteiger partial charge in [-0.1, -0.05) is 152 Å². The fourth-order valence-corrected chi connectivity index (χ4v) is 10.4. The van der Waals surface area contributed by atoms with E-state index in [0.29, 0.717) is 5.69 Å². The number of rotatable bonds is 5. The van der Waals surface area contributed by atoms with Gasteiger partial charge in [-0.2, -0.15) is 11.3 Å². The van der Waals surface area contributed by atoms with Crippen LogP contribution in [-0.2, 0) is 30.9 Å². The van der Waals surface area contributed by atoms with Crippen molar-refractivity contribution in [3.63, 3.8) is 0 Å². The number of aromatic nitrogens is 4. The van der Waals surface area contributed by atoms with Crippen LogP contribution in [0.15, 0.2) is 128 Å². The summed E-state index contributed by atoms with van der Waals surface area (Å²) >= 11 is 1.76. The number of hydrogen-bond donors (Lipinski definition) is 0. The third-order valence-corrected chi connectivity index (χ3v) is 13.9. The Labute approximate surface area is 382 Å². The Morgan fingerprint density at radius 3 is 2.21 bits per heavy atom. The van der Waals surface area contributed by atoms with Gasteiger partial charge in [-0.05, 0) is 85.0 Å². The van der Waals surface area contributed by atoms with Gasteiger partial charge in [0, 0.05) is 57.7 Å². The van der Waals surface area contributed by atoms with Crippen molar-refractivity contribution in [3.8, 4) is 39.5 Å². The molecular formula is C53H51FIrN4SSi-2. The second-order valence-electron chi connectivity index (χ2n) is 18.4. The molecule has 0 fully saturated rings. The summed E-state index contributed by atoms with van der Waals surface area (Å²) in [5.74, 6) is 0.237. The number of thiophene rings is 1. The summed E-state index contributed by atoms with van der Waals surface area (Å²) in [6.07, 6.45) is 5.20. The van der Waals surface area contributed by atoms with Crippen LogP contribution in [0.25, 0.3) is 70.8 Å². The molecule has 0 bridgehead atoms. The minimum Gasteiger partial charge on any atom is -0.350 e. The first-order valence-corrected chi connectivity index (χ1v) is 24.6. The molecule has 0 aliphatic carbocycles. The summed E-state index contributed by atoms with van der Waals surface area (Å²) in [5, 5.41) is 2.43. The van der Waals surface area contributed by atoms with Crippen LogP contribution in [0.2, 0.25) is 19.6 Å². The molecule has 9 aromatic rings. The number of benzene rings is 5. The van der Waals surface area contributed by atoms with Crippen molar-refractivity contribution >= 4 is 55.9 Å². The van der Waals surface area contributed by atoms with Crippen molar-refractivity contribution in [2.75, 3.05) is 0 Å². The van der Waals surface area contributed by atoms with Gasteiger partial charge in [0.15, 0.2) is 0 Å². The quantitative estimate of drug-likeness (QED) is 0.127. The van der Waals surface area contributed by atoms with Crippen LogP contribution in [0.1, 0.15) is 62.3 Å². The number of hydrogen-bond acceptors (Lipinski definition) is 4. The second kappa shape index (κ2) is 17.0. The van der Waals surface area contributed by atoms with Gasteiger partial charge >= 0.3 is 0 Å². The molecule has 4 aromatic heterocycles. The largest absolute Gasteiger partial charge is 0.350 e. The zero-order chi connectivity index (χ0) is 45.1. The molecule has 0 saturated heterocycles. The molecule has 0 spiro atoms.